The summed E-state index contributed by atoms with van der Waals surface area (Å²) < 4.78 is 1.88. The molecule has 0 N–H and O–H groups in total. The first-order valence-electron chi connectivity index (χ1n) is 9.34. The van der Waals surface area contributed by atoms with E-state index in [0.717, 1.165) is 48.7 Å². The molecule has 5 heteroatoms. The van der Waals surface area contributed by atoms with E-state index in [2.05, 4.69) is 28.6 Å². The van der Waals surface area contributed by atoms with Crippen LogP contribution in [0.1, 0.15) is 36.8 Å². The largest absolute Gasteiger partial charge is 0.293 e. The van der Waals surface area contributed by atoms with Crippen LogP contribution in [0.4, 0.5) is 0 Å². The Bertz CT molecular complexity index is 1160. The topological polar surface area (TPSA) is 51.0 Å². The van der Waals surface area contributed by atoms with Crippen molar-refractivity contribution in [1.82, 2.24) is 19.4 Å². The number of pyridine rings is 1. The molecule has 1 saturated heterocycles. The standard InChI is InChI=1S/C22H20N4O/c1-22-10-4-12-25(22)14-20-24-19-13-16(6-8-17-5-2-3-11-23-17)7-9-18(19)21(27)26(20)15-22/h2-3,5,7,9,11,13H,4,10,12,14-15H2,1H3. The van der Waals surface area contributed by atoms with E-state index in [1.54, 1.807) is 6.20 Å². The second-order valence-corrected chi connectivity index (χ2v) is 7.64. The molecule has 5 nitrogen and oxygen atoms in total. The first-order chi connectivity index (χ1) is 13.1. The van der Waals surface area contributed by atoms with E-state index in [-0.39, 0.29) is 11.1 Å². The first kappa shape index (κ1) is 16.2. The van der Waals surface area contributed by atoms with E-state index < -0.39 is 0 Å². The van der Waals surface area contributed by atoms with Crippen LogP contribution in [0.15, 0.2) is 47.4 Å². The van der Waals surface area contributed by atoms with Gasteiger partial charge in [0.1, 0.15) is 11.5 Å². The molecule has 1 atom stereocenters. The minimum Gasteiger partial charge on any atom is -0.293 e. The molecular formula is C22H20N4O. The number of fused-ring (bicyclic) bond motifs is 3. The van der Waals surface area contributed by atoms with Gasteiger partial charge in [-0.2, -0.15) is 0 Å². The molecule has 0 aliphatic carbocycles. The molecule has 4 heterocycles. The third-order valence-corrected chi connectivity index (χ3v) is 5.77. The molecule has 5 rings (SSSR count). The summed E-state index contributed by atoms with van der Waals surface area (Å²) in [5.41, 5.74) is 2.44. The Kier molecular flexibility index (Phi) is 3.63. The van der Waals surface area contributed by atoms with Gasteiger partial charge in [-0.3, -0.25) is 14.3 Å². The molecule has 0 amide bonds. The molecule has 0 spiro atoms. The van der Waals surface area contributed by atoms with E-state index in [1.165, 1.54) is 6.42 Å². The summed E-state index contributed by atoms with van der Waals surface area (Å²) in [6.07, 6.45) is 4.05. The fraction of sp³-hybridized carbons (Fsp3) is 0.318. The highest BCUT2D eigenvalue weighted by atomic mass is 16.1. The molecule has 1 fully saturated rings. The SMILES string of the molecule is CC12CCCN1Cc1nc3cc(C#Cc4ccccn4)ccc3c(=O)n1C2. The lowest BCUT2D eigenvalue weighted by Crippen LogP contribution is -2.51. The highest BCUT2D eigenvalue weighted by Gasteiger charge is 2.41. The summed E-state index contributed by atoms with van der Waals surface area (Å²) >= 11 is 0. The number of hydrogen-bond acceptors (Lipinski definition) is 4. The van der Waals surface area contributed by atoms with Crippen LogP contribution in [0, 0.1) is 11.8 Å². The van der Waals surface area contributed by atoms with Crippen LogP contribution in [0.25, 0.3) is 10.9 Å². The van der Waals surface area contributed by atoms with Gasteiger partial charge in [0.05, 0.1) is 17.4 Å². The van der Waals surface area contributed by atoms with Crippen molar-refractivity contribution in [2.75, 3.05) is 6.54 Å². The number of benzene rings is 1. The van der Waals surface area contributed by atoms with E-state index in [9.17, 15) is 4.79 Å². The van der Waals surface area contributed by atoms with Crippen molar-refractivity contribution in [3.63, 3.8) is 0 Å². The third-order valence-electron chi connectivity index (χ3n) is 5.77. The Hall–Kier alpha value is -2.97. The lowest BCUT2D eigenvalue weighted by Gasteiger charge is -2.40. The fourth-order valence-electron chi connectivity index (χ4n) is 4.24. The molecule has 1 aromatic carbocycles. The second kappa shape index (κ2) is 6.04. The molecule has 0 radical (unpaired) electrons. The number of rotatable bonds is 0. The Morgan fingerprint density at radius 3 is 2.96 bits per heavy atom. The van der Waals surface area contributed by atoms with Crippen LogP contribution >= 0.6 is 0 Å². The number of nitrogens with zero attached hydrogens (tertiary/aromatic N) is 4. The predicted octanol–water partition coefficient (Wildman–Crippen LogP) is 2.56. The molecule has 0 saturated carbocycles. The maximum Gasteiger partial charge on any atom is 0.261 e. The zero-order valence-corrected chi connectivity index (χ0v) is 15.3. The summed E-state index contributed by atoms with van der Waals surface area (Å²) in [4.78, 5) is 24.6. The predicted molar refractivity (Wildman–Crippen MR) is 104 cm³/mol. The van der Waals surface area contributed by atoms with Gasteiger partial charge >= 0.3 is 0 Å². The van der Waals surface area contributed by atoms with Crippen molar-refractivity contribution < 1.29 is 0 Å². The van der Waals surface area contributed by atoms with E-state index in [4.69, 9.17) is 4.98 Å². The van der Waals surface area contributed by atoms with Crippen molar-refractivity contribution in [3.05, 3.63) is 70.0 Å². The van der Waals surface area contributed by atoms with Crippen molar-refractivity contribution in [3.8, 4) is 11.8 Å². The van der Waals surface area contributed by atoms with Gasteiger partial charge in [-0.1, -0.05) is 12.0 Å². The molecule has 2 aliphatic rings. The van der Waals surface area contributed by atoms with Crippen molar-refractivity contribution in [2.45, 2.75) is 38.4 Å². The van der Waals surface area contributed by atoms with Crippen LogP contribution in [0.5, 0.6) is 0 Å². The smallest absolute Gasteiger partial charge is 0.261 e. The highest BCUT2D eigenvalue weighted by molar-refractivity contribution is 5.79. The number of aromatic nitrogens is 3. The van der Waals surface area contributed by atoms with Crippen LogP contribution in [0.2, 0.25) is 0 Å². The lowest BCUT2D eigenvalue weighted by atomic mass is 9.96. The molecule has 2 aliphatic heterocycles. The first-order valence-corrected chi connectivity index (χ1v) is 9.34. The highest BCUT2D eigenvalue weighted by Crippen LogP contribution is 2.34. The van der Waals surface area contributed by atoms with Gasteiger partial charge in [-0.25, -0.2) is 9.97 Å². The van der Waals surface area contributed by atoms with Gasteiger partial charge < -0.3 is 0 Å². The van der Waals surface area contributed by atoms with Crippen LogP contribution in [0.3, 0.4) is 0 Å². The maximum atomic E-state index is 13.1. The van der Waals surface area contributed by atoms with Crippen molar-refractivity contribution in [2.24, 2.45) is 0 Å². The minimum atomic E-state index is 0.0620. The van der Waals surface area contributed by atoms with Gasteiger partial charge in [0, 0.05) is 23.8 Å². The Morgan fingerprint density at radius 2 is 2.11 bits per heavy atom. The number of hydrogen-bond donors (Lipinski definition) is 0. The maximum absolute atomic E-state index is 13.1. The third kappa shape index (κ3) is 2.73. The molecule has 1 unspecified atom stereocenters. The monoisotopic (exact) mass is 356 g/mol. The van der Waals surface area contributed by atoms with Crippen LogP contribution in [-0.4, -0.2) is 31.5 Å². The van der Waals surface area contributed by atoms with Crippen LogP contribution in [-0.2, 0) is 13.1 Å². The fourth-order valence-corrected chi connectivity index (χ4v) is 4.24. The molecule has 134 valence electrons. The van der Waals surface area contributed by atoms with Gasteiger partial charge in [-0.15, -0.1) is 0 Å². The summed E-state index contributed by atoms with van der Waals surface area (Å²) in [5.74, 6) is 7.04. The Balaban J connectivity index is 1.58. The van der Waals surface area contributed by atoms with Crippen LogP contribution < -0.4 is 5.56 Å². The Morgan fingerprint density at radius 1 is 1.19 bits per heavy atom. The zero-order valence-electron chi connectivity index (χ0n) is 15.3. The van der Waals surface area contributed by atoms with E-state index >= 15 is 0 Å². The molecule has 3 aromatic rings. The molecule has 2 aromatic heterocycles. The van der Waals surface area contributed by atoms with Crippen molar-refractivity contribution >= 4 is 10.9 Å². The normalized spacial score (nSPS) is 21.4. The average molecular weight is 356 g/mol. The summed E-state index contributed by atoms with van der Waals surface area (Å²) in [5, 5.41) is 0.664. The van der Waals surface area contributed by atoms with E-state index in [1.807, 2.05) is 41.0 Å². The zero-order chi connectivity index (χ0) is 18.4. The summed E-state index contributed by atoms with van der Waals surface area (Å²) in [6, 6.07) is 11.3. The molecule has 27 heavy (non-hydrogen) atoms. The second-order valence-electron chi connectivity index (χ2n) is 7.64. The lowest BCUT2D eigenvalue weighted by molar-refractivity contribution is 0.0923. The van der Waals surface area contributed by atoms with Gasteiger partial charge in [0.2, 0.25) is 0 Å². The van der Waals surface area contributed by atoms with E-state index in [0.29, 0.717) is 5.39 Å². The van der Waals surface area contributed by atoms with Gasteiger partial charge in [-0.05, 0) is 62.6 Å². The van der Waals surface area contributed by atoms with Gasteiger partial charge in [0.15, 0.2) is 0 Å². The Labute approximate surface area is 157 Å². The quantitative estimate of drug-likeness (QED) is 0.581. The summed E-state index contributed by atoms with van der Waals surface area (Å²) in [7, 11) is 0. The minimum absolute atomic E-state index is 0.0620. The van der Waals surface area contributed by atoms with Crippen molar-refractivity contribution in [1.29, 1.82) is 0 Å². The molecule has 0 bridgehead atoms. The van der Waals surface area contributed by atoms with Gasteiger partial charge in [0.25, 0.3) is 5.56 Å². The average Bonchev–Trinajstić information content (AvgIpc) is 3.06. The summed E-state index contributed by atoms with van der Waals surface area (Å²) in [6.45, 7) is 4.81. The molecular weight excluding hydrogens is 336 g/mol.